The summed E-state index contributed by atoms with van der Waals surface area (Å²) in [5.41, 5.74) is 13.5. The van der Waals surface area contributed by atoms with Crippen LogP contribution in [0.1, 0.15) is 78.4 Å². The quantitative estimate of drug-likeness (QED) is 0.0883. The van der Waals surface area contributed by atoms with Gasteiger partial charge in [0.05, 0.1) is 26.0 Å². The lowest BCUT2D eigenvalue weighted by Crippen LogP contribution is -2.14. The Bertz CT molecular complexity index is 6650. The van der Waals surface area contributed by atoms with Gasteiger partial charge in [0.2, 0.25) is 29.5 Å². The predicted octanol–water partition coefficient (Wildman–Crippen LogP) is 15.1. The van der Waals surface area contributed by atoms with Crippen molar-refractivity contribution in [3.05, 3.63) is 273 Å². The lowest BCUT2D eigenvalue weighted by molar-refractivity contribution is -0.138. The lowest BCUT2D eigenvalue weighted by atomic mass is 9.95. The molecule has 4 aliphatic rings. The van der Waals surface area contributed by atoms with Crippen LogP contribution in [-0.4, -0.2) is 107 Å². The summed E-state index contributed by atoms with van der Waals surface area (Å²) in [6.45, 7) is 9.67. The van der Waals surface area contributed by atoms with Crippen molar-refractivity contribution in [1.82, 2.24) is 23.3 Å². The number of fused-ring (bicyclic) bond motifs is 8. The molecule has 108 heavy (non-hydrogen) atoms. The Kier molecular flexibility index (Phi) is 19.6. The fourth-order valence-corrected chi connectivity index (χ4v) is 20.8. The zero-order valence-electron chi connectivity index (χ0n) is 57.6. The average molecular weight is 1600 g/mol. The van der Waals surface area contributed by atoms with Crippen molar-refractivity contribution in [2.75, 3.05) is 5.75 Å². The molecule has 4 aliphatic heterocycles. The van der Waals surface area contributed by atoms with Crippen LogP contribution >= 0.6 is 34.8 Å². The van der Waals surface area contributed by atoms with Gasteiger partial charge in [-0.3, -0.25) is 19.2 Å². The molecule has 9 heterocycles. The zero-order chi connectivity index (χ0) is 77.9. The predicted molar refractivity (Wildman–Crippen MR) is 407 cm³/mol. The summed E-state index contributed by atoms with van der Waals surface area (Å²) in [4.78, 5) is 50.0. The molecule has 21 nitrogen and oxygen atoms in total. The summed E-state index contributed by atoms with van der Waals surface area (Å²) < 4.78 is 135. The van der Waals surface area contributed by atoms with Crippen LogP contribution in [0.15, 0.2) is 188 Å². The van der Waals surface area contributed by atoms with Crippen molar-refractivity contribution >= 4 is 164 Å². The number of sulfone groups is 4. The molecule has 0 saturated heterocycles. The number of aromatic nitrogens is 5. The number of aliphatic carboxylic acids is 4. The molecule has 0 fully saturated rings. The van der Waals surface area contributed by atoms with Crippen molar-refractivity contribution in [1.29, 1.82) is 0 Å². The van der Waals surface area contributed by atoms with Gasteiger partial charge in [0.25, 0.3) is 0 Å². The summed E-state index contributed by atoms with van der Waals surface area (Å²) in [5, 5.41) is 44.5. The largest absolute Gasteiger partial charge is 0.480 e. The van der Waals surface area contributed by atoms with Crippen LogP contribution in [0.25, 0.3) is 65.9 Å². The molecule has 5 aromatic heterocycles. The van der Waals surface area contributed by atoms with Crippen LogP contribution < -0.4 is 0 Å². The third kappa shape index (κ3) is 13.7. The second-order valence-corrected chi connectivity index (χ2v) is 34.6. The molecule has 4 N–H and O–H groups in total. The van der Waals surface area contributed by atoms with E-state index in [9.17, 15) is 82.1 Å². The van der Waals surface area contributed by atoms with Gasteiger partial charge in [-0.15, -0.1) is 0 Å². The highest BCUT2D eigenvalue weighted by molar-refractivity contribution is 7.95. The van der Waals surface area contributed by atoms with Crippen molar-refractivity contribution in [3.8, 4) is 0 Å². The number of benzene rings is 7. The SMILES string of the molecule is Cc1c(C2=CCS(=O)(=O)c3ccc(Cl)cc32)c2cc(F)ccc2n1CC(=O)O.Cc1c(C2=CS(=O)(=O)c3ncccc32)c2cc(F)ccc2n1CC(=O)O.Cc1ccc2c(c1)S(=O)(=O)C=C2c1c(C)n(CC(=O)O)c2cc(Cl)ccc12.Cc1ccc2c(c1)S(=O)(=O)C=C2c1c(C)n(CC(=O)O)c2ccc(Cl)cc12. The topological polar surface area (TPSA) is 318 Å². The average Bonchev–Trinajstić information content (AvgIpc) is 1.58. The molecule has 0 radical (unpaired) electrons. The fourth-order valence-electron chi connectivity index (χ4n) is 14.6. The number of nitrogens with zero attached hydrogens (tertiary/aromatic N) is 5. The number of carboxylic acids is 4. The lowest BCUT2D eigenvalue weighted by Gasteiger charge is -2.19. The van der Waals surface area contributed by atoms with Crippen LogP contribution in [0.4, 0.5) is 8.78 Å². The Morgan fingerprint density at radius 1 is 0.398 bits per heavy atom. The standard InChI is InChI=1S/C20H15ClFNO4S.2C20H16ClNO4S.C18H13FN2O4S/c1-11-20(16-9-13(22)3-4-17(16)23(11)10-19(24)25)14-6-7-28(26,27)18-5-2-12(21)8-15(14)18;1-11-3-5-14-16(10-27(25,26)18(14)7-11)20-12(2)22(9-19(23)24)17-6-4-13(21)8-15(17)20;1-11-3-5-14-16(10-27(25,26)18(14)7-11)20-12(2)22(9-19(23)24)17-8-13(21)4-6-15(17)20;1-10-17(14-9-26(24,25)18-12(14)3-2-6-20-18)13-7-11(19)4-5-15(13)21(10)8-16(22)23/h2-6,8-9H,7,10H2,1H3,(H,24,25);2*3-8,10H,9H2,1-2H3,(H,23,24);2-7,9H,8H2,1H3,(H,22,23). The summed E-state index contributed by atoms with van der Waals surface area (Å²) >= 11 is 18.4. The number of hydrogen-bond acceptors (Lipinski definition) is 13. The molecule has 0 bridgehead atoms. The first-order chi connectivity index (χ1) is 50.9. The van der Waals surface area contributed by atoms with E-state index in [0.29, 0.717) is 137 Å². The van der Waals surface area contributed by atoms with E-state index in [1.54, 1.807) is 126 Å². The van der Waals surface area contributed by atoms with E-state index in [4.69, 9.17) is 34.8 Å². The molecule has 0 aliphatic carbocycles. The van der Waals surface area contributed by atoms with E-state index in [1.165, 1.54) is 70.1 Å². The van der Waals surface area contributed by atoms with Crippen molar-refractivity contribution in [2.24, 2.45) is 0 Å². The molecule has 12 aromatic rings. The Morgan fingerprint density at radius 3 is 1.27 bits per heavy atom. The molecule has 0 amide bonds. The van der Waals surface area contributed by atoms with E-state index in [-0.39, 0.29) is 51.6 Å². The summed E-state index contributed by atoms with van der Waals surface area (Å²) in [7, 11) is -14.3. The minimum absolute atomic E-state index is 0.0510. The molecule has 0 unspecified atom stereocenters. The molecular formula is C78H60Cl3F2N5O16S4. The Morgan fingerprint density at radius 2 is 0.787 bits per heavy atom. The van der Waals surface area contributed by atoms with E-state index in [0.717, 1.165) is 27.3 Å². The number of carboxylic acid groups (broad SMARTS) is 4. The first kappa shape index (κ1) is 75.5. The molecule has 0 spiro atoms. The summed E-state index contributed by atoms with van der Waals surface area (Å²) in [6.07, 6.45) is 2.97. The van der Waals surface area contributed by atoms with Gasteiger partial charge in [-0.05, 0) is 167 Å². The Labute approximate surface area is 631 Å². The summed E-state index contributed by atoms with van der Waals surface area (Å²) in [6, 6.07) is 37.1. The van der Waals surface area contributed by atoms with Gasteiger partial charge in [-0.1, -0.05) is 71.2 Å². The van der Waals surface area contributed by atoms with E-state index in [2.05, 4.69) is 4.98 Å². The number of rotatable bonds is 12. The van der Waals surface area contributed by atoms with Crippen LogP contribution in [0.5, 0.6) is 0 Å². The van der Waals surface area contributed by atoms with Gasteiger partial charge < -0.3 is 38.7 Å². The summed E-state index contributed by atoms with van der Waals surface area (Å²) in [5.74, 6) is -5.17. The number of halogens is 5. The minimum Gasteiger partial charge on any atom is -0.480 e. The van der Waals surface area contributed by atoms with Gasteiger partial charge in [0.1, 0.15) is 37.8 Å². The Hall–Kier alpha value is -10.8. The van der Waals surface area contributed by atoms with Crippen molar-refractivity contribution in [3.63, 3.8) is 0 Å². The second-order valence-electron chi connectivity index (χ2n) is 26.0. The number of pyridine rings is 1. The highest BCUT2D eigenvalue weighted by atomic mass is 35.5. The molecule has 0 saturated carbocycles. The number of aryl methyl sites for hydroxylation is 2. The van der Waals surface area contributed by atoms with E-state index in [1.807, 2.05) is 26.0 Å². The molecule has 7 aromatic carbocycles. The van der Waals surface area contributed by atoms with E-state index < -0.39 is 74.9 Å². The maximum atomic E-state index is 14.0. The van der Waals surface area contributed by atoms with Gasteiger partial charge in [-0.25, -0.2) is 47.4 Å². The molecule has 552 valence electrons. The minimum atomic E-state index is -3.70. The van der Waals surface area contributed by atoms with Crippen LogP contribution in [0.2, 0.25) is 15.1 Å². The van der Waals surface area contributed by atoms with E-state index >= 15 is 0 Å². The third-order valence-electron chi connectivity index (χ3n) is 19.1. The molecule has 30 heteroatoms. The normalized spacial score (nSPS) is 15.1. The highest BCUT2D eigenvalue weighted by Crippen LogP contribution is 2.48. The van der Waals surface area contributed by atoms with Crippen LogP contribution in [0, 0.1) is 53.2 Å². The van der Waals surface area contributed by atoms with Gasteiger partial charge in [0, 0.05) is 160 Å². The van der Waals surface area contributed by atoms with Gasteiger partial charge in [0.15, 0.2) is 14.9 Å². The zero-order valence-corrected chi connectivity index (χ0v) is 63.2. The van der Waals surface area contributed by atoms with Crippen molar-refractivity contribution < 1.29 is 82.1 Å². The van der Waals surface area contributed by atoms with Crippen LogP contribution in [-0.2, 0) is 84.7 Å². The first-order valence-corrected chi connectivity index (χ1v) is 40.1. The smallest absolute Gasteiger partial charge is 0.323 e. The maximum Gasteiger partial charge on any atom is 0.323 e. The highest BCUT2D eigenvalue weighted by Gasteiger charge is 2.36. The Balaban J connectivity index is 0.000000127. The van der Waals surface area contributed by atoms with Crippen LogP contribution in [0.3, 0.4) is 0 Å². The molecule has 0 atom stereocenters. The first-order valence-electron chi connectivity index (χ1n) is 32.7. The van der Waals surface area contributed by atoms with Gasteiger partial charge >= 0.3 is 23.9 Å². The monoisotopic (exact) mass is 1590 g/mol. The number of hydrogen-bond donors (Lipinski definition) is 4. The fraction of sp³-hybridized carbons (Fsp3) is 0.141. The maximum absolute atomic E-state index is 14.0. The second kappa shape index (κ2) is 28.1. The molecule has 16 rings (SSSR count). The van der Waals surface area contributed by atoms with Gasteiger partial charge in [-0.2, -0.15) is 0 Å². The number of carbonyl (C=O) groups is 4. The van der Waals surface area contributed by atoms with Crippen molar-refractivity contribution in [2.45, 2.75) is 87.4 Å². The molecular weight excluding hydrogens is 1540 g/mol. The third-order valence-corrected chi connectivity index (χ3v) is 25.8.